The largest absolute Gasteiger partial charge is 1.00 e. The van der Waals surface area contributed by atoms with Gasteiger partial charge in [0.05, 0.1) is 38.5 Å². The number of piperidine rings is 1. The standard InChI is InChI=1S/C12H17NO3.C12H26NO.BrH/c1-2-3-6-9-16-11-8-5-4-7-10(11)13-12(14)15;1-2-3-5-8-13(11-12-14)9-6-4-7-10-13;/h4-5,7-8,13H,2-3,6,9H2,1H3,(H,14,15);14H,2-12H2,1H3;1H/q;+1;/p-2. The number of nitrogens with one attached hydrogen (secondary N) is 1. The van der Waals surface area contributed by atoms with Crippen LogP contribution in [0.5, 0.6) is 5.75 Å². The number of halogens is 1. The number of carboxylic acid groups (broad SMARTS) is 1. The van der Waals surface area contributed by atoms with E-state index in [9.17, 15) is 9.90 Å². The first-order valence-electron chi connectivity index (χ1n) is 11.7. The number of unbranched alkanes of at least 4 members (excludes halogenated alkanes) is 4. The van der Waals surface area contributed by atoms with Crippen molar-refractivity contribution in [3.05, 3.63) is 24.3 Å². The van der Waals surface area contributed by atoms with Crippen LogP contribution in [-0.2, 0) is 0 Å². The van der Waals surface area contributed by atoms with Crippen LogP contribution in [0.2, 0.25) is 0 Å². The molecule has 1 aromatic rings. The van der Waals surface area contributed by atoms with Crippen LogP contribution in [0.25, 0.3) is 0 Å². The molecule has 0 aliphatic carbocycles. The van der Waals surface area contributed by atoms with Crippen LogP contribution in [-0.4, -0.2) is 55.1 Å². The second kappa shape index (κ2) is 18.3. The Hall–Kier alpha value is -1.31. The molecule has 1 amide bonds. The number of hydrogen-bond acceptors (Lipinski definition) is 4. The van der Waals surface area contributed by atoms with Crippen molar-refractivity contribution in [1.29, 1.82) is 0 Å². The molecule has 31 heavy (non-hydrogen) atoms. The SMILES string of the molecule is CCCCCOc1ccccc1NC(=O)[O-].CCCCC[N+]1(CCO)CCCCC1.[Br-]. The first-order chi connectivity index (χ1) is 14.6. The molecule has 1 saturated heterocycles. The van der Waals surface area contributed by atoms with E-state index in [2.05, 4.69) is 19.2 Å². The van der Waals surface area contributed by atoms with E-state index in [1.54, 1.807) is 24.3 Å². The Morgan fingerprint density at radius 2 is 1.68 bits per heavy atom. The van der Waals surface area contributed by atoms with Gasteiger partial charge in [-0.1, -0.05) is 45.2 Å². The topological polar surface area (TPSA) is 81.6 Å². The fourth-order valence-electron chi connectivity index (χ4n) is 3.99. The van der Waals surface area contributed by atoms with Crippen LogP contribution in [0.1, 0.15) is 71.6 Å². The van der Waals surface area contributed by atoms with Crippen molar-refractivity contribution < 1.29 is 41.2 Å². The summed E-state index contributed by atoms with van der Waals surface area (Å²) in [6, 6.07) is 6.92. The number of quaternary nitrogens is 1. The fraction of sp³-hybridized carbons (Fsp3) is 0.708. The van der Waals surface area contributed by atoms with Gasteiger partial charge in [0.1, 0.15) is 18.4 Å². The number of likely N-dealkylation sites (tertiary alicyclic amines) is 1. The molecule has 0 atom stereocenters. The molecule has 1 aliphatic heterocycles. The van der Waals surface area contributed by atoms with E-state index >= 15 is 0 Å². The number of aliphatic hydroxyl groups excluding tert-OH is 1. The Bertz CT molecular complexity index is 575. The molecule has 0 aromatic heterocycles. The van der Waals surface area contributed by atoms with E-state index < -0.39 is 6.09 Å². The van der Waals surface area contributed by atoms with Crippen LogP contribution in [0.15, 0.2) is 24.3 Å². The summed E-state index contributed by atoms with van der Waals surface area (Å²) in [7, 11) is 0. The Morgan fingerprint density at radius 3 is 2.29 bits per heavy atom. The first-order valence-corrected chi connectivity index (χ1v) is 11.7. The van der Waals surface area contributed by atoms with Crippen molar-refractivity contribution >= 4 is 11.8 Å². The highest BCUT2D eigenvalue weighted by molar-refractivity contribution is 5.83. The minimum absolute atomic E-state index is 0. The number of nitrogens with zero attached hydrogens (tertiary/aromatic N) is 1. The van der Waals surface area contributed by atoms with Crippen molar-refractivity contribution in [2.75, 3.05) is 44.7 Å². The number of aliphatic hydroxyl groups is 1. The number of carbonyl (C=O) groups excluding carboxylic acids is 1. The maximum atomic E-state index is 10.4. The van der Waals surface area contributed by atoms with Gasteiger partial charge in [-0.05, 0) is 50.7 Å². The summed E-state index contributed by atoms with van der Waals surface area (Å²) in [5, 5.41) is 21.7. The lowest BCUT2D eigenvalue weighted by Gasteiger charge is -2.41. The number of para-hydroxylation sites is 2. The zero-order valence-corrected chi connectivity index (χ0v) is 21.0. The monoisotopic (exact) mass is 501 g/mol. The quantitative estimate of drug-likeness (QED) is 0.332. The van der Waals surface area contributed by atoms with E-state index in [1.807, 2.05) is 0 Å². The van der Waals surface area contributed by atoms with Crippen LogP contribution >= 0.6 is 0 Å². The highest BCUT2D eigenvalue weighted by Crippen LogP contribution is 2.23. The van der Waals surface area contributed by atoms with Crippen molar-refractivity contribution in [3.63, 3.8) is 0 Å². The smallest absolute Gasteiger partial charge is 0.142 e. The first kappa shape index (κ1) is 29.7. The number of carbonyl (C=O) groups is 1. The molecule has 6 nitrogen and oxygen atoms in total. The molecule has 1 heterocycles. The van der Waals surface area contributed by atoms with Crippen molar-refractivity contribution in [3.8, 4) is 5.75 Å². The summed E-state index contributed by atoms with van der Waals surface area (Å²) < 4.78 is 6.69. The molecule has 0 saturated carbocycles. The van der Waals surface area contributed by atoms with E-state index in [4.69, 9.17) is 9.84 Å². The van der Waals surface area contributed by atoms with Gasteiger partial charge in [0, 0.05) is 0 Å². The zero-order valence-electron chi connectivity index (χ0n) is 19.4. The van der Waals surface area contributed by atoms with E-state index in [-0.39, 0.29) is 17.0 Å². The van der Waals surface area contributed by atoms with E-state index in [0.717, 1.165) is 25.8 Å². The third-order valence-electron chi connectivity index (χ3n) is 5.70. The maximum absolute atomic E-state index is 10.4. The molecule has 0 bridgehead atoms. The number of anilines is 1. The minimum atomic E-state index is -1.33. The van der Waals surface area contributed by atoms with Crippen LogP contribution in [0.3, 0.4) is 0 Å². The molecule has 180 valence electrons. The van der Waals surface area contributed by atoms with Crippen molar-refractivity contribution in [2.45, 2.75) is 71.6 Å². The lowest BCUT2D eigenvalue weighted by atomic mass is 10.1. The highest BCUT2D eigenvalue weighted by atomic mass is 79.9. The number of hydrogen-bond donors (Lipinski definition) is 2. The molecule has 1 aromatic carbocycles. The predicted molar refractivity (Wildman–Crippen MR) is 121 cm³/mol. The van der Waals surface area contributed by atoms with Gasteiger partial charge in [-0.25, -0.2) is 0 Å². The van der Waals surface area contributed by atoms with Gasteiger partial charge in [0.15, 0.2) is 0 Å². The summed E-state index contributed by atoms with van der Waals surface area (Å²) in [6.07, 6.45) is 10.0. The molecular formula is C24H42BrN2O4-. The number of ether oxygens (including phenoxy) is 1. The summed E-state index contributed by atoms with van der Waals surface area (Å²) in [5.74, 6) is 0.544. The summed E-state index contributed by atoms with van der Waals surface area (Å²) in [5.41, 5.74) is 0.430. The average molecular weight is 503 g/mol. The van der Waals surface area contributed by atoms with Gasteiger partial charge in [0.25, 0.3) is 0 Å². The molecule has 2 rings (SSSR count). The molecular weight excluding hydrogens is 460 g/mol. The average Bonchev–Trinajstić information content (AvgIpc) is 2.73. The maximum Gasteiger partial charge on any atom is 0.142 e. The molecule has 1 fully saturated rings. The Kier molecular flexibility index (Phi) is 17.5. The molecule has 2 N–H and O–H groups in total. The molecule has 0 radical (unpaired) electrons. The predicted octanol–water partition coefficient (Wildman–Crippen LogP) is 1.18. The van der Waals surface area contributed by atoms with Gasteiger partial charge in [-0.2, -0.15) is 0 Å². The second-order valence-corrected chi connectivity index (χ2v) is 8.19. The minimum Gasteiger partial charge on any atom is -1.00 e. The summed E-state index contributed by atoms with van der Waals surface area (Å²) >= 11 is 0. The zero-order chi connectivity index (χ0) is 22.1. The van der Waals surface area contributed by atoms with Gasteiger partial charge >= 0.3 is 0 Å². The number of benzene rings is 1. The lowest BCUT2D eigenvalue weighted by molar-refractivity contribution is -0.932. The van der Waals surface area contributed by atoms with Gasteiger partial charge in [-0.15, -0.1) is 0 Å². The van der Waals surface area contributed by atoms with Crippen LogP contribution in [0, 0.1) is 0 Å². The van der Waals surface area contributed by atoms with Crippen LogP contribution in [0.4, 0.5) is 10.5 Å². The third-order valence-corrected chi connectivity index (χ3v) is 5.70. The summed E-state index contributed by atoms with van der Waals surface area (Å²) in [4.78, 5) is 10.4. The van der Waals surface area contributed by atoms with Crippen molar-refractivity contribution in [2.24, 2.45) is 0 Å². The molecule has 7 heteroatoms. The number of rotatable bonds is 12. The van der Waals surface area contributed by atoms with Crippen LogP contribution < -0.4 is 32.1 Å². The normalized spacial score (nSPS) is 14.5. The second-order valence-electron chi connectivity index (χ2n) is 8.19. The van der Waals surface area contributed by atoms with E-state index in [1.165, 1.54) is 62.6 Å². The molecule has 0 spiro atoms. The third kappa shape index (κ3) is 13.0. The highest BCUT2D eigenvalue weighted by Gasteiger charge is 2.28. The number of amides is 1. The molecule has 0 unspecified atom stereocenters. The van der Waals surface area contributed by atoms with Gasteiger partial charge in [-0.3, -0.25) is 0 Å². The Labute approximate surface area is 199 Å². The Morgan fingerprint density at radius 1 is 1.03 bits per heavy atom. The fourth-order valence-corrected chi connectivity index (χ4v) is 3.99. The lowest BCUT2D eigenvalue weighted by Crippen LogP contribution is -3.00. The molecule has 1 aliphatic rings. The Balaban J connectivity index is 0.000000567. The van der Waals surface area contributed by atoms with Gasteiger partial charge in [0.2, 0.25) is 0 Å². The van der Waals surface area contributed by atoms with Gasteiger partial charge < -0.3 is 46.5 Å². The van der Waals surface area contributed by atoms with E-state index in [0.29, 0.717) is 24.7 Å². The van der Waals surface area contributed by atoms with Crippen molar-refractivity contribution in [1.82, 2.24) is 0 Å². The summed E-state index contributed by atoms with van der Waals surface area (Å²) in [6.45, 7) is 10.2.